The summed E-state index contributed by atoms with van der Waals surface area (Å²) in [6.45, 7) is 2.83. The zero-order valence-electron chi connectivity index (χ0n) is 14.7. The molecule has 0 aromatic carbocycles. The van der Waals surface area contributed by atoms with Crippen LogP contribution in [-0.4, -0.2) is 42.9 Å². The molecule has 3 aromatic heterocycles. The number of hydrogen-bond donors (Lipinski definition) is 1. The van der Waals surface area contributed by atoms with Crippen LogP contribution in [-0.2, 0) is 20.0 Å². The molecule has 134 valence electrons. The third-order valence-corrected chi connectivity index (χ3v) is 4.75. The van der Waals surface area contributed by atoms with Gasteiger partial charge in [-0.1, -0.05) is 0 Å². The van der Waals surface area contributed by atoms with Gasteiger partial charge >= 0.3 is 0 Å². The lowest BCUT2D eigenvalue weighted by Gasteiger charge is -2.35. The second-order valence-corrected chi connectivity index (χ2v) is 6.38. The molecule has 4 rings (SSSR count). The van der Waals surface area contributed by atoms with E-state index in [9.17, 15) is 4.79 Å². The van der Waals surface area contributed by atoms with Crippen molar-refractivity contribution in [2.75, 3.05) is 11.9 Å². The largest absolute Gasteiger partial charge is 0.469 e. The third-order valence-electron chi connectivity index (χ3n) is 4.75. The lowest BCUT2D eigenvalue weighted by molar-refractivity contribution is 0.0644. The third kappa shape index (κ3) is 2.94. The molecule has 26 heavy (non-hydrogen) atoms. The molecular formula is C18H20N6O2. The van der Waals surface area contributed by atoms with Gasteiger partial charge < -0.3 is 19.2 Å². The predicted molar refractivity (Wildman–Crippen MR) is 94.5 cm³/mol. The number of aryl methyl sites for hydroxylation is 2. The number of hydrogen-bond acceptors (Lipinski definition) is 6. The smallest absolute Gasteiger partial charge is 0.258 e. The van der Waals surface area contributed by atoms with Gasteiger partial charge in [-0.3, -0.25) is 4.79 Å². The maximum Gasteiger partial charge on any atom is 0.258 e. The monoisotopic (exact) mass is 352 g/mol. The first-order valence-electron chi connectivity index (χ1n) is 8.48. The molecule has 1 amide bonds. The van der Waals surface area contributed by atoms with E-state index >= 15 is 0 Å². The van der Waals surface area contributed by atoms with Crippen molar-refractivity contribution in [2.45, 2.75) is 25.9 Å². The number of amides is 1. The molecule has 1 aliphatic rings. The Bertz CT molecular complexity index is 917. The molecule has 1 atom stereocenters. The van der Waals surface area contributed by atoms with Gasteiger partial charge in [-0.15, -0.1) is 0 Å². The van der Waals surface area contributed by atoms with Crippen LogP contribution in [0, 0.1) is 6.92 Å². The zero-order valence-corrected chi connectivity index (χ0v) is 14.7. The molecule has 0 aliphatic carbocycles. The number of nitrogens with one attached hydrogen (secondary N) is 1. The number of fused-ring (bicyclic) bond motifs is 1. The van der Waals surface area contributed by atoms with Gasteiger partial charge in [0.15, 0.2) is 0 Å². The van der Waals surface area contributed by atoms with Gasteiger partial charge in [0.1, 0.15) is 5.76 Å². The number of nitrogens with zero attached hydrogens (tertiary/aromatic N) is 5. The van der Waals surface area contributed by atoms with Crippen molar-refractivity contribution in [2.24, 2.45) is 7.05 Å². The molecular weight excluding hydrogens is 332 g/mol. The van der Waals surface area contributed by atoms with Gasteiger partial charge in [0, 0.05) is 38.1 Å². The van der Waals surface area contributed by atoms with E-state index in [0.717, 1.165) is 11.4 Å². The summed E-state index contributed by atoms with van der Waals surface area (Å²) in [5.74, 6) is 1.13. The fraction of sp³-hybridized carbons (Fsp3) is 0.333. The zero-order chi connectivity index (χ0) is 18.1. The summed E-state index contributed by atoms with van der Waals surface area (Å²) in [5.41, 5.74) is 2.68. The van der Waals surface area contributed by atoms with Crippen molar-refractivity contribution in [3.05, 3.63) is 59.8 Å². The average molecular weight is 352 g/mol. The number of aromatic nitrogens is 4. The summed E-state index contributed by atoms with van der Waals surface area (Å²) < 4.78 is 7.33. The van der Waals surface area contributed by atoms with Crippen LogP contribution >= 0.6 is 0 Å². The quantitative estimate of drug-likeness (QED) is 0.770. The van der Waals surface area contributed by atoms with E-state index in [1.54, 1.807) is 44.0 Å². The number of carbonyl (C=O) groups excluding carboxylic acids is 1. The highest BCUT2D eigenvalue weighted by atomic mass is 16.3. The molecule has 1 N–H and O–H groups in total. The summed E-state index contributed by atoms with van der Waals surface area (Å²) in [6.07, 6.45) is 7.44. The van der Waals surface area contributed by atoms with E-state index in [4.69, 9.17) is 4.42 Å². The first-order chi connectivity index (χ1) is 12.6. The van der Waals surface area contributed by atoms with E-state index in [1.807, 2.05) is 16.5 Å². The van der Waals surface area contributed by atoms with Crippen LogP contribution in [0.1, 0.15) is 27.5 Å². The van der Waals surface area contributed by atoms with Gasteiger partial charge in [0.2, 0.25) is 5.95 Å². The molecule has 8 heteroatoms. The van der Waals surface area contributed by atoms with E-state index in [1.165, 1.54) is 0 Å². The fourth-order valence-corrected chi connectivity index (χ4v) is 3.30. The molecule has 0 spiro atoms. The second-order valence-electron chi connectivity index (χ2n) is 6.38. The van der Waals surface area contributed by atoms with E-state index in [0.29, 0.717) is 36.8 Å². The average Bonchev–Trinajstić information content (AvgIpc) is 3.25. The standard InChI is InChI=1S/C18H20N6O2/c1-12-14(4-7-26-12)17(25)24-10-15-16(23(2)11-22-15)8-13(24)9-21-18-19-5-3-6-20-18/h3-7,11,13H,8-10H2,1-2H3,(H,19,20,21)/t13-/m0/s1. The number of imidazole rings is 1. The van der Waals surface area contributed by atoms with Gasteiger partial charge in [-0.05, 0) is 19.1 Å². The Morgan fingerprint density at radius 2 is 2.15 bits per heavy atom. The van der Waals surface area contributed by atoms with Crippen molar-refractivity contribution < 1.29 is 9.21 Å². The Labute approximate surface area is 150 Å². The SMILES string of the molecule is Cc1occc1C(=O)N1Cc2ncn(C)c2C[C@H]1CNc1ncccn1. The first kappa shape index (κ1) is 16.3. The Morgan fingerprint density at radius 3 is 2.88 bits per heavy atom. The van der Waals surface area contributed by atoms with E-state index < -0.39 is 0 Å². The minimum absolute atomic E-state index is 0.0384. The second kappa shape index (κ2) is 6.62. The van der Waals surface area contributed by atoms with E-state index in [2.05, 4.69) is 20.3 Å². The number of anilines is 1. The lowest BCUT2D eigenvalue weighted by atomic mass is 10.0. The molecule has 0 fully saturated rings. The Morgan fingerprint density at radius 1 is 1.35 bits per heavy atom. The Balaban J connectivity index is 1.60. The minimum atomic E-state index is -0.0478. The topological polar surface area (TPSA) is 89.1 Å². The summed E-state index contributed by atoms with van der Waals surface area (Å²) in [6, 6.07) is 3.45. The molecule has 1 aliphatic heterocycles. The highest BCUT2D eigenvalue weighted by molar-refractivity contribution is 5.95. The highest BCUT2D eigenvalue weighted by Gasteiger charge is 2.33. The molecule has 4 heterocycles. The first-order valence-corrected chi connectivity index (χ1v) is 8.48. The molecule has 0 saturated carbocycles. The van der Waals surface area contributed by atoms with Crippen LogP contribution in [0.3, 0.4) is 0 Å². The molecule has 3 aromatic rings. The van der Waals surface area contributed by atoms with Gasteiger partial charge in [0.25, 0.3) is 5.91 Å². The molecule has 0 bridgehead atoms. The van der Waals surface area contributed by atoms with Gasteiger partial charge in [-0.25, -0.2) is 15.0 Å². The number of rotatable bonds is 4. The maximum atomic E-state index is 13.1. The normalized spacial score (nSPS) is 16.4. The van der Waals surface area contributed by atoms with Crippen LogP contribution in [0.2, 0.25) is 0 Å². The maximum absolute atomic E-state index is 13.1. The highest BCUT2D eigenvalue weighted by Crippen LogP contribution is 2.25. The Hall–Kier alpha value is -3.16. The lowest BCUT2D eigenvalue weighted by Crippen LogP contribution is -2.48. The summed E-state index contributed by atoms with van der Waals surface area (Å²) in [4.78, 5) is 27.8. The van der Waals surface area contributed by atoms with Crippen molar-refractivity contribution >= 4 is 11.9 Å². The van der Waals surface area contributed by atoms with Gasteiger partial charge in [0.05, 0.1) is 36.4 Å². The molecule has 0 saturated heterocycles. The minimum Gasteiger partial charge on any atom is -0.469 e. The van der Waals surface area contributed by atoms with Crippen molar-refractivity contribution in [1.82, 2.24) is 24.4 Å². The van der Waals surface area contributed by atoms with Crippen LogP contribution in [0.4, 0.5) is 5.95 Å². The number of carbonyl (C=O) groups is 1. The van der Waals surface area contributed by atoms with Crippen molar-refractivity contribution in [3.63, 3.8) is 0 Å². The van der Waals surface area contributed by atoms with Crippen LogP contribution < -0.4 is 5.32 Å². The van der Waals surface area contributed by atoms with Crippen LogP contribution in [0.15, 0.2) is 41.5 Å². The van der Waals surface area contributed by atoms with Crippen LogP contribution in [0.25, 0.3) is 0 Å². The Kier molecular flexibility index (Phi) is 4.16. The van der Waals surface area contributed by atoms with Crippen LogP contribution in [0.5, 0.6) is 0 Å². The predicted octanol–water partition coefficient (Wildman–Crippen LogP) is 1.79. The summed E-state index contributed by atoms with van der Waals surface area (Å²) in [5, 5.41) is 3.23. The summed E-state index contributed by atoms with van der Waals surface area (Å²) in [7, 11) is 1.98. The van der Waals surface area contributed by atoms with Gasteiger partial charge in [-0.2, -0.15) is 0 Å². The van der Waals surface area contributed by atoms with Crippen molar-refractivity contribution in [1.29, 1.82) is 0 Å². The number of furan rings is 1. The summed E-state index contributed by atoms with van der Waals surface area (Å²) >= 11 is 0. The van der Waals surface area contributed by atoms with E-state index in [-0.39, 0.29) is 11.9 Å². The van der Waals surface area contributed by atoms with Crippen molar-refractivity contribution in [3.8, 4) is 0 Å². The molecule has 0 radical (unpaired) electrons. The molecule has 0 unspecified atom stereocenters. The fourth-order valence-electron chi connectivity index (χ4n) is 3.30. The molecule has 8 nitrogen and oxygen atoms in total.